The largest absolute Gasteiger partial charge is 0.274 e. The lowest BCUT2D eigenvalue weighted by Crippen LogP contribution is -2.43. The summed E-state index contributed by atoms with van der Waals surface area (Å²) >= 11 is 1.44. The molecule has 1 aliphatic rings. The second kappa shape index (κ2) is 9.30. The third kappa shape index (κ3) is 5.03. The van der Waals surface area contributed by atoms with Gasteiger partial charge in [-0.1, -0.05) is 48.5 Å². The fourth-order valence-corrected chi connectivity index (χ4v) is 6.18. The van der Waals surface area contributed by atoms with Gasteiger partial charge in [0.2, 0.25) is 15.9 Å². The van der Waals surface area contributed by atoms with E-state index in [1.165, 1.54) is 15.6 Å². The molecule has 162 valence electrons. The van der Waals surface area contributed by atoms with Gasteiger partial charge in [0.15, 0.2) is 5.13 Å². The maximum absolute atomic E-state index is 13.5. The van der Waals surface area contributed by atoms with Gasteiger partial charge < -0.3 is 0 Å². The average Bonchev–Trinajstić information content (AvgIpc) is 3.21. The molecule has 0 radical (unpaired) electrons. The summed E-state index contributed by atoms with van der Waals surface area (Å²) in [5.74, 6) is -0.283. The Morgan fingerprint density at radius 3 is 2.26 bits per heavy atom. The van der Waals surface area contributed by atoms with Crippen LogP contribution in [0.4, 0.5) is 10.8 Å². The van der Waals surface area contributed by atoms with E-state index in [0.717, 1.165) is 16.9 Å². The molecule has 0 bridgehead atoms. The summed E-state index contributed by atoms with van der Waals surface area (Å²) in [4.78, 5) is 19.7. The molecule has 1 aromatic heterocycles. The zero-order valence-corrected chi connectivity index (χ0v) is 19.0. The van der Waals surface area contributed by atoms with Crippen LogP contribution in [0.5, 0.6) is 0 Å². The number of para-hydroxylation sites is 1. The molecule has 0 atom stereocenters. The van der Waals surface area contributed by atoms with Crippen LogP contribution in [0, 0.1) is 12.8 Å². The normalized spacial score (nSPS) is 15.6. The van der Waals surface area contributed by atoms with Crippen LogP contribution in [0.15, 0.2) is 66.0 Å². The van der Waals surface area contributed by atoms with Crippen LogP contribution in [0.3, 0.4) is 0 Å². The molecule has 2 aromatic carbocycles. The monoisotopic (exact) mass is 455 g/mol. The zero-order chi connectivity index (χ0) is 21.8. The standard InChI is InChI=1S/C23H25N3O3S2/c1-18-16-30-23(24-18)26(21-10-6-3-7-11-21)22(27)20-12-14-25(15-13-20)31(28,29)17-19-8-4-2-5-9-19/h2-11,16,20H,12-15,17H2,1H3. The first-order chi connectivity index (χ1) is 14.9. The Bertz CT molecular complexity index is 1120. The third-order valence-corrected chi connectivity index (χ3v) is 8.22. The lowest BCUT2D eigenvalue weighted by molar-refractivity contribution is -0.122. The molecule has 2 heterocycles. The zero-order valence-electron chi connectivity index (χ0n) is 17.3. The number of benzene rings is 2. The average molecular weight is 456 g/mol. The molecule has 8 heteroatoms. The second-order valence-electron chi connectivity index (χ2n) is 7.70. The number of amides is 1. The minimum absolute atomic E-state index is 0.0129. The highest BCUT2D eigenvalue weighted by molar-refractivity contribution is 7.88. The van der Waals surface area contributed by atoms with Gasteiger partial charge in [0.25, 0.3) is 0 Å². The number of hydrogen-bond donors (Lipinski definition) is 0. The van der Waals surface area contributed by atoms with Crippen molar-refractivity contribution in [1.82, 2.24) is 9.29 Å². The van der Waals surface area contributed by atoms with E-state index in [1.54, 1.807) is 4.90 Å². The molecule has 0 saturated carbocycles. The Labute approximate surface area is 187 Å². The van der Waals surface area contributed by atoms with E-state index < -0.39 is 10.0 Å². The summed E-state index contributed by atoms with van der Waals surface area (Å²) in [6.07, 6.45) is 1.00. The number of nitrogens with zero attached hydrogens (tertiary/aromatic N) is 3. The van der Waals surface area contributed by atoms with Crippen molar-refractivity contribution < 1.29 is 13.2 Å². The lowest BCUT2D eigenvalue weighted by atomic mass is 9.96. The number of thiazole rings is 1. The number of anilines is 2. The van der Waals surface area contributed by atoms with E-state index >= 15 is 0 Å². The van der Waals surface area contributed by atoms with Crippen LogP contribution >= 0.6 is 11.3 Å². The molecule has 0 unspecified atom stereocenters. The predicted octanol–water partition coefficient (Wildman–Crippen LogP) is 4.36. The van der Waals surface area contributed by atoms with Gasteiger partial charge in [0.05, 0.1) is 17.1 Å². The molecule has 1 amide bonds. The smallest absolute Gasteiger partial charge is 0.236 e. The Morgan fingerprint density at radius 1 is 1.06 bits per heavy atom. The number of sulfonamides is 1. The molecule has 1 saturated heterocycles. The molecular formula is C23H25N3O3S2. The summed E-state index contributed by atoms with van der Waals surface area (Å²) in [7, 11) is -3.41. The van der Waals surface area contributed by atoms with E-state index in [4.69, 9.17) is 0 Å². The van der Waals surface area contributed by atoms with Crippen LogP contribution in [0.2, 0.25) is 0 Å². The van der Waals surface area contributed by atoms with Gasteiger partial charge in [-0.2, -0.15) is 0 Å². The summed E-state index contributed by atoms with van der Waals surface area (Å²) in [6.45, 7) is 2.61. The highest BCUT2D eigenvalue weighted by Crippen LogP contribution is 2.33. The molecule has 31 heavy (non-hydrogen) atoms. The Morgan fingerprint density at radius 2 is 1.68 bits per heavy atom. The maximum atomic E-state index is 13.5. The molecular weight excluding hydrogens is 430 g/mol. The van der Waals surface area contributed by atoms with E-state index in [0.29, 0.717) is 31.1 Å². The molecule has 4 rings (SSSR count). The fraction of sp³-hybridized carbons (Fsp3) is 0.304. The van der Waals surface area contributed by atoms with Gasteiger partial charge in [-0.05, 0) is 37.5 Å². The van der Waals surface area contributed by atoms with E-state index in [1.807, 2.05) is 73.0 Å². The minimum atomic E-state index is -3.41. The number of rotatable bonds is 6. The molecule has 1 aliphatic heterocycles. The summed E-state index contributed by atoms with van der Waals surface area (Å²) in [6, 6.07) is 18.7. The van der Waals surface area contributed by atoms with Gasteiger partial charge in [0, 0.05) is 24.4 Å². The van der Waals surface area contributed by atoms with Crippen molar-refractivity contribution in [1.29, 1.82) is 0 Å². The first kappa shape index (κ1) is 21.7. The van der Waals surface area contributed by atoms with Gasteiger partial charge in [-0.3, -0.25) is 9.69 Å². The first-order valence-electron chi connectivity index (χ1n) is 10.3. The number of piperidine rings is 1. The number of hydrogen-bond acceptors (Lipinski definition) is 5. The second-order valence-corrected chi connectivity index (χ2v) is 10.5. The van der Waals surface area contributed by atoms with Crippen molar-refractivity contribution in [3.63, 3.8) is 0 Å². The SMILES string of the molecule is Cc1csc(N(C(=O)C2CCN(S(=O)(=O)Cc3ccccc3)CC2)c2ccccc2)n1. The van der Waals surface area contributed by atoms with E-state index in [9.17, 15) is 13.2 Å². The number of carbonyl (C=O) groups excluding carboxylic acids is 1. The lowest BCUT2D eigenvalue weighted by Gasteiger charge is -2.33. The Hall–Kier alpha value is -2.55. The van der Waals surface area contributed by atoms with Gasteiger partial charge in [-0.25, -0.2) is 17.7 Å². The van der Waals surface area contributed by atoms with Gasteiger partial charge >= 0.3 is 0 Å². The molecule has 0 spiro atoms. The van der Waals surface area contributed by atoms with Crippen molar-refractivity contribution in [2.24, 2.45) is 5.92 Å². The first-order valence-corrected chi connectivity index (χ1v) is 12.8. The summed E-state index contributed by atoms with van der Waals surface area (Å²) in [5.41, 5.74) is 2.42. The molecule has 3 aromatic rings. The molecule has 1 fully saturated rings. The van der Waals surface area contributed by atoms with Crippen molar-refractivity contribution in [3.8, 4) is 0 Å². The van der Waals surface area contributed by atoms with Crippen LogP contribution in [0.25, 0.3) is 0 Å². The molecule has 0 N–H and O–H groups in total. The molecule has 0 aliphatic carbocycles. The highest BCUT2D eigenvalue weighted by Gasteiger charge is 2.34. The topological polar surface area (TPSA) is 70.6 Å². The van der Waals surface area contributed by atoms with Crippen molar-refractivity contribution >= 4 is 38.1 Å². The maximum Gasteiger partial charge on any atom is 0.236 e. The van der Waals surface area contributed by atoms with Crippen LogP contribution in [-0.2, 0) is 20.6 Å². The number of aryl methyl sites for hydroxylation is 1. The Balaban J connectivity index is 1.47. The van der Waals surface area contributed by atoms with Crippen LogP contribution in [0.1, 0.15) is 24.1 Å². The van der Waals surface area contributed by atoms with Crippen LogP contribution < -0.4 is 4.90 Å². The molecule has 6 nitrogen and oxygen atoms in total. The highest BCUT2D eigenvalue weighted by atomic mass is 32.2. The van der Waals surface area contributed by atoms with Crippen LogP contribution in [-0.4, -0.2) is 36.7 Å². The minimum Gasteiger partial charge on any atom is -0.274 e. The predicted molar refractivity (Wildman–Crippen MR) is 124 cm³/mol. The van der Waals surface area contributed by atoms with E-state index in [2.05, 4.69) is 4.98 Å². The van der Waals surface area contributed by atoms with Crippen molar-refractivity contribution in [3.05, 3.63) is 77.3 Å². The summed E-state index contributed by atoms with van der Waals surface area (Å²) in [5, 5.41) is 2.57. The third-order valence-electron chi connectivity index (χ3n) is 5.42. The number of carbonyl (C=O) groups is 1. The summed E-state index contributed by atoms with van der Waals surface area (Å²) < 4.78 is 27.2. The van der Waals surface area contributed by atoms with E-state index in [-0.39, 0.29) is 17.6 Å². The fourth-order valence-electron chi connectivity index (χ4n) is 3.79. The van der Waals surface area contributed by atoms with Gasteiger partial charge in [0.1, 0.15) is 0 Å². The van der Waals surface area contributed by atoms with Gasteiger partial charge in [-0.15, -0.1) is 11.3 Å². The quantitative estimate of drug-likeness (QED) is 0.554. The number of aromatic nitrogens is 1. The van der Waals surface area contributed by atoms with Crippen molar-refractivity contribution in [2.75, 3.05) is 18.0 Å². The van der Waals surface area contributed by atoms with Crippen molar-refractivity contribution in [2.45, 2.75) is 25.5 Å². The Kier molecular flexibility index (Phi) is 6.50.